The zero-order chi connectivity index (χ0) is 19.1. The van der Waals surface area contributed by atoms with Crippen LogP contribution in [0.5, 0.6) is 5.75 Å². The summed E-state index contributed by atoms with van der Waals surface area (Å²) >= 11 is 1.34. The van der Waals surface area contributed by atoms with Gasteiger partial charge in [0.25, 0.3) is 0 Å². The third kappa shape index (κ3) is 4.68. The van der Waals surface area contributed by atoms with Crippen molar-refractivity contribution < 1.29 is 9.53 Å². The number of allylic oxidation sites excluding steroid dienone is 2. The molecule has 1 aliphatic carbocycles. The first-order valence-electron chi connectivity index (χ1n) is 9.37. The maximum atomic E-state index is 12.7. The zero-order valence-electron chi connectivity index (χ0n) is 15.8. The lowest BCUT2D eigenvalue weighted by molar-refractivity contribution is -0.126. The molecule has 1 aromatic heterocycles. The highest BCUT2D eigenvalue weighted by Gasteiger charge is 2.20. The lowest BCUT2D eigenvalue weighted by Crippen LogP contribution is -2.32. The summed E-state index contributed by atoms with van der Waals surface area (Å²) in [6, 6.07) is 7.60. The van der Waals surface area contributed by atoms with Gasteiger partial charge in [0.1, 0.15) is 11.4 Å². The molecule has 0 fully saturated rings. The number of carbonyl (C=O) groups excluding carboxylic acids is 1. The molecule has 0 saturated carbocycles. The fraction of sp³-hybridized carbons (Fsp3) is 0.474. The average molecular weight is 388 g/mol. The summed E-state index contributed by atoms with van der Waals surface area (Å²) in [5, 5.41) is 12.5. The molecule has 0 bridgehead atoms. The number of ether oxygens (including phenoxy) is 1. The van der Waals surface area contributed by atoms with E-state index in [1.807, 2.05) is 43.0 Å². The van der Waals surface area contributed by atoms with Crippen molar-refractivity contribution >= 4 is 17.7 Å². The van der Waals surface area contributed by atoms with Gasteiger partial charge in [-0.1, -0.05) is 30.0 Å². The fourth-order valence-electron chi connectivity index (χ4n) is 3.14. The number of para-hydroxylation sites is 2. The average Bonchev–Trinajstić information content (AvgIpc) is 3.17. The quantitative estimate of drug-likeness (QED) is 0.646. The Morgan fingerprint density at radius 3 is 2.89 bits per heavy atom. The maximum absolute atomic E-state index is 12.7. The number of nitrogens with zero attached hydrogens (tertiary/aromatic N) is 5. The Morgan fingerprint density at radius 1 is 1.30 bits per heavy atom. The van der Waals surface area contributed by atoms with E-state index in [1.165, 1.54) is 18.2 Å². The number of hydrogen-bond donors (Lipinski definition) is 0. The first kappa shape index (κ1) is 19.4. The molecule has 0 atom stereocenters. The molecule has 2 aromatic rings. The number of amides is 1. The van der Waals surface area contributed by atoms with Crippen LogP contribution in [0, 0.1) is 0 Å². The predicted molar refractivity (Wildman–Crippen MR) is 105 cm³/mol. The summed E-state index contributed by atoms with van der Waals surface area (Å²) < 4.78 is 7.29. The van der Waals surface area contributed by atoms with Gasteiger partial charge < -0.3 is 9.64 Å². The lowest BCUT2D eigenvalue weighted by Gasteiger charge is -2.26. The summed E-state index contributed by atoms with van der Waals surface area (Å²) in [5.74, 6) is 1.09. The summed E-state index contributed by atoms with van der Waals surface area (Å²) in [5.41, 5.74) is 1.91. The van der Waals surface area contributed by atoms with Crippen LogP contribution in [0.15, 0.2) is 41.2 Å². The van der Waals surface area contributed by atoms with Gasteiger partial charge in [-0.2, -0.15) is 4.68 Å². The van der Waals surface area contributed by atoms with Gasteiger partial charge in [-0.05, 0) is 62.1 Å². The van der Waals surface area contributed by atoms with Crippen molar-refractivity contribution in [3.63, 3.8) is 0 Å². The largest absolute Gasteiger partial charge is 0.492 e. The molecule has 0 spiro atoms. The minimum absolute atomic E-state index is 0.0864. The number of aromatic nitrogens is 4. The van der Waals surface area contributed by atoms with Crippen molar-refractivity contribution in [3.05, 3.63) is 36.0 Å². The second kappa shape index (κ2) is 9.55. The van der Waals surface area contributed by atoms with Crippen LogP contribution in [0.3, 0.4) is 0 Å². The maximum Gasteiger partial charge on any atom is 0.237 e. The molecule has 7 nitrogen and oxygen atoms in total. The van der Waals surface area contributed by atoms with E-state index in [0.29, 0.717) is 29.8 Å². The third-order valence-corrected chi connectivity index (χ3v) is 5.29. The van der Waals surface area contributed by atoms with Crippen molar-refractivity contribution in [2.75, 3.05) is 18.9 Å². The molecule has 1 heterocycles. The van der Waals surface area contributed by atoms with Crippen LogP contribution >= 0.6 is 11.8 Å². The molecule has 0 N–H and O–H groups in total. The van der Waals surface area contributed by atoms with Crippen LogP contribution in [-0.4, -0.2) is 49.9 Å². The highest BCUT2D eigenvalue weighted by atomic mass is 32.2. The van der Waals surface area contributed by atoms with Crippen molar-refractivity contribution in [1.82, 2.24) is 25.1 Å². The van der Waals surface area contributed by atoms with E-state index in [1.54, 1.807) is 4.68 Å². The summed E-state index contributed by atoms with van der Waals surface area (Å²) in [6.45, 7) is 5.19. The van der Waals surface area contributed by atoms with Crippen molar-refractivity contribution in [3.8, 4) is 11.4 Å². The van der Waals surface area contributed by atoms with Crippen molar-refractivity contribution in [2.45, 2.75) is 44.7 Å². The number of rotatable bonds is 8. The van der Waals surface area contributed by atoms with Crippen LogP contribution < -0.4 is 4.74 Å². The Kier molecular flexibility index (Phi) is 6.86. The summed E-state index contributed by atoms with van der Waals surface area (Å²) in [6.07, 6.45) is 6.58. The van der Waals surface area contributed by atoms with E-state index in [4.69, 9.17) is 4.74 Å². The normalized spacial score (nSPS) is 13.9. The smallest absolute Gasteiger partial charge is 0.237 e. The molecule has 27 heavy (non-hydrogen) atoms. The Hall–Kier alpha value is -2.35. The number of hydrogen-bond acceptors (Lipinski definition) is 6. The monoisotopic (exact) mass is 387 g/mol. The van der Waals surface area contributed by atoms with E-state index < -0.39 is 0 Å². The molecule has 1 amide bonds. The van der Waals surface area contributed by atoms with Gasteiger partial charge in [0.2, 0.25) is 11.1 Å². The standard InChI is InChI=1S/C19H25N5O2S/c1-3-23(15-10-6-5-7-11-15)18(25)14-27-19-20-21-22-24(19)16-12-8-9-13-17(16)26-4-2/h8-10,12-13H,3-7,11,14H2,1-2H3. The second-order valence-corrected chi connectivity index (χ2v) is 7.08. The molecule has 0 aliphatic heterocycles. The highest BCUT2D eigenvalue weighted by Crippen LogP contribution is 2.27. The Balaban J connectivity index is 1.72. The summed E-state index contributed by atoms with van der Waals surface area (Å²) in [7, 11) is 0. The van der Waals surface area contributed by atoms with Gasteiger partial charge in [0, 0.05) is 12.2 Å². The zero-order valence-corrected chi connectivity index (χ0v) is 16.6. The molecule has 8 heteroatoms. The molecule has 1 aromatic carbocycles. The first-order valence-corrected chi connectivity index (χ1v) is 10.4. The van der Waals surface area contributed by atoms with E-state index in [9.17, 15) is 4.79 Å². The molecule has 1 aliphatic rings. The lowest BCUT2D eigenvalue weighted by atomic mass is 10.0. The van der Waals surface area contributed by atoms with Crippen molar-refractivity contribution in [1.29, 1.82) is 0 Å². The van der Waals surface area contributed by atoms with Gasteiger partial charge in [0.05, 0.1) is 12.4 Å². The van der Waals surface area contributed by atoms with E-state index in [-0.39, 0.29) is 5.91 Å². The van der Waals surface area contributed by atoms with Gasteiger partial charge in [0.15, 0.2) is 0 Å². The van der Waals surface area contributed by atoms with E-state index in [0.717, 1.165) is 30.6 Å². The van der Waals surface area contributed by atoms with Crippen LogP contribution in [0.4, 0.5) is 0 Å². The van der Waals surface area contributed by atoms with E-state index >= 15 is 0 Å². The van der Waals surface area contributed by atoms with Gasteiger partial charge in [-0.3, -0.25) is 4.79 Å². The number of carbonyl (C=O) groups is 1. The number of thioether (sulfide) groups is 1. The predicted octanol–water partition coefficient (Wildman–Crippen LogP) is 3.46. The Bertz CT molecular complexity index is 805. The van der Waals surface area contributed by atoms with Crippen molar-refractivity contribution in [2.24, 2.45) is 0 Å². The fourth-order valence-corrected chi connectivity index (χ4v) is 3.90. The molecule has 0 radical (unpaired) electrons. The number of benzene rings is 1. The van der Waals surface area contributed by atoms with Crippen LogP contribution in [0.2, 0.25) is 0 Å². The van der Waals surface area contributed by atoms with Crippen LogP contribution in [0.25, 0.3) is 5.69 Å². The third-order valence-electron chi connectivity index (χ3n) is 4.39. The molecular weight excluding hydrogens is 362 g/mol. The molecule has 3 rings (SSSR count). The van der Waals surface area contributed by atoms with Gasteiger partial charge in [-0.15, -0.1) is 5.10 Å². The van der Waals surface area contributed by atoms with Crippen LogP contribution in [0.1, 0.15) is 39.5 Å². The molecule has 144 valence electrons. The molecule has 0 saturated heterocycles. The first-order chi connectivity index (χ1) is 13.2. The minimum atomic E-state index is 0.0864. The Labute approximate surface area is 163 Å². The molecule has 0 unspecified atom stereocenters. The Morgan fingerprint density at radius 2 is 2.15 bits per heavy atom. The highest BCUT2D eigenvalue weighted by molar-refractivity contribution is 7.99. The minimum Gasteiger partial charge on any atom is -0.492 e. The summed E-state index contributed by atoms with van der Waals surface area (Å²) in [4.78, 5) is 14.6. The SMILES string of the molecule is CCOc1ccccc1-n1nnnc1SCC(=O)N(CC)C1=CCCCC1. The van der Waals surface area contributed by atoms with Gasteiger partial charge >= 0.3 is 0 Å². The molecular formula is C19H25N5O2S. The van der Waals surface area contributed by atoms with Gasteiger partial charge in [-0.25, -0.2) is 0 Å². The second-order valence-electron chi connectivity index (χ2n) is 6.14. The topological polar surface area (TPSA) is 73.1 Å². The number of tetrazole rings is 1. The van der Waals surface area contributed by atoms with E-state index in [2.05, 4.69) is 21.6 Å². The van der Waals surface area contributed by atoms with Crippen LogP contribution in [-0.2, 0) is 4.79 Å².